The third kappa shape index (κ3) is 9.55. The molecule has 2 saturated carbocycles. The van der Waals surface area contributed by atoms with Gasteiger partial charge in [-0.25, -0.2) is 0 Å². The fourth-order valence-electron chi connectivity index (χ4n) is 4.67. The van der Waals surface area contributed by atoms with E-state index in [0.717, 1.165) is 75.6 Å². The van der Waals surface area contributed by atoms with Crippen LogP contribution in [0.2, 0.25) is 0 Å². The zero-order chi connectivity index (χ0) is 28.1. The van der Waals surface area contributed by atoms with Gasteiger partial charge in [-0.15, -0.1) is 0 Å². The van der Waals surface area contributed by atoms with Gasteiger partial charge in [-0.05, 0) is 69.6 Å². The lowest BCUT2D eigenvalue weighted by atomic mass is 9.91. The summed E-state index contributed by atoms with van der Waals surface area (Å²) in [6, 6.07) is 11.8. The number of nitrogens with zero attached hydrogens (tertiary/aromatic N) is 1. The summed E-state index contributed by atoms with van der Waals surface area (Å²) in [6.07, 6.45) is 8.18. The Balaban J connectivity index is 0.000000252. The Kier molecular flexibility index (Phi) is 12.9. The first-order valence-corrected chi connectivity index (χ1v) is 13.0. The van der Waals surface area contributed by atoms with Gasteiger partial charge in [-0.1, -0.05) is 0 Å². The van der Waals surface area contributed by atoms with Crippen LogP contribution in [-0.2, 0) is 0 Å². The smallest absolute Gasteiger partial charge is 0.292 e. The minimum Gasteiger partial charge on any atom is -0.497 e. The molecule has 0 saturated heterocycles. The molecule has 0 unspecified atom stereocenters. The number of nitrogens with one attached hydrogen (secondary N) is 2. The minimum absolute atomic E-state index is 0.0793. The number of hydrogen-bond donors (Lipinski definition) is 6. The Hall–Kier alpha value is -3.28. The molecule has 0 bridgehead atoms. The molecule has 2 aromatic carbocycles. The molecule has 0 aliphatic heterocycles. The van der Waals surface area contributed by atoms with Crippen LogP contribution in [0.1, 0.15) is 51.4 Å². The number of methoxy groups -OCH3 is 2. The average molecular weight is 533 g/mol. The molecular weight excluding hydrogens is 488 g/mol. The van der Waals surface area contributed by atoms with E-state index in [-0.39, 0.29) is 22.7 Å². The number of aliphatic hydroxyl groups excluding tert-OH is 1. The van der Waals surface area contributed by atoms with Crippen LogP contribution in [0.4, 0.5) is 22.7 Å². The molecule has 38 heavy (non-hydrogen) atoms. The molecule has 2 aromatic rings. The zero-order valence-electron chi connectivity index (χ0n) is 22.7. The third-order valence-electron chi connectivity index (χ3n) is 6.92. The van der Waals surface area contributed by atoms with Crippen molar-refractivity contribution in [3.63, 3.8) is 0 Å². The molecule has 11 heteroatoms. The van der Waals surface area contributed by atoms with Crippen molar-refractivity contribution >= 4 is 22.7 Å². The summed E-state index contributed by atoms with van der Waals surface area (Å²) in [4.78, 5) is 10.6. The second-order valence-corrected chi connectivity index (χ2v) is 9.61. The molecular formula is C27H44N6O5. The highest BCUT2D eigenvalue weighted by Gasteiger charge is 2.22. The van der Waals surface area contributed by atoms with Gasteiger partial charge in [-0.2, -0.15) is 0 Å². The second-order valence-electron chi connectivity index (χ2n) is 9.61. The Labute approximate surface area is 225 Å². The first-order chi connectivity index (χ1) is 18.3. The second kappa shape index (κ2) is 15.9. The SMILES string of the molecule is CO.COc1ccc(N)c(NC2CCC(N)CC2)c1.COc1ccc([N+](=O)[O-])c(NC2CCC(N)CC2)c1. The number of aliphatic hydroxyl groups is 1. The molecule has 4 rings (SSSR count). The molecule has 0 amide bonds. The lowest BCUT2D eigenvalue weighted by Crippen LogP contribution is -2.32. The third-order valence-corrected chi connectivity index (χ3v) is 6.92. The molecule has 0 heterocycles. The Morgan fingerprint density at radius 1 is 0.789 bits per heavy atom. The van der Waals surface area contributed by atoms with E-state index in [4.69, 9.17) is 31.8 Å². The Morgan fingerprint density at radius 3 is 1.66 bits per heavy atom. The molecule has 0 radical (unpaired) electrons. The maximum atomic E-state index is 11.0. The van der Waals surface area contributed by atoms with Gasteiger partial charge < -0.3 is 42.4 Å². The normalized spacial score (nSPS) is 22.5. The summed E-state index contributed by atoms with van der Waals surface area (Å²) in [5.74, 6) is 1.44. The highest BCUT2D eigenvalue weighted by Crippen LogP contribution is 2.32. The summed E-state index contributed by atoms with van der Waals surface area (Å²) >= 11 is 0. The van der Waals surface area contributed by atoms with Gasteiger partial charge in [0.25, 0.3) is 5.69 Å². The van der Waals surface area contributed by atoms with Crippen molar-refractivity contribution in [3.8, 4) is 11.5 Å². The first kappa shape index (κ1) is 30.9. The molecule has 2 aliphatic carbocycles. The molecule has 0 spiro atoms. The van der Waals surface area contributed by atoms with Crippen LogP contribution in [0.5, 0.6) is 11.5 Å². The summed E-state index contributed by atoms with van der Waals surface area (Å²) in [6.45, 7) is 0. The van der Waals surface area contributed by atoms with E-state index in [0.29, 0.717) is 23.5 Å². The molecule has 0 atom stereocenters. The lowest BCUT2D eigenvalue weighted by Gasteiger charge is -2.28. The summed E-state index contributed by atoms with van der Waals surface area (Å²) < 4.78 is 10.3. The highest BCUT2D eigenvalue weighted by molar-refractivity contribution is 5.68. The summed E-state index contributed by atoms with van der Waals surface area (Å²) in [7, 11) is 4.21. The number of nitrogens with two attached hydrogens (primary N) is 3. The van der Waals surface area contributed by atoms with Crippen LogP contribution in [0.25, 0.3) is 0 Å². The van der Waals surface area contributed by atoms with Crippen LogP contribution in [-0.4, -0.2) is 55.5 Å². The van der Waals surface area contributed by atoms with Gasteiger partial charge in [0.05, 0.1) is 30.5 Å². The van der Waals surface area contributed by atoms with Crippen LogP contribution < -0.4 is 37.3 Å². The number of nitrogen functional groups attached to an aromatic ring is 1. The fourth-order valence-corrected chi connectivity index (χ4v) is 4.67. The van der Waals surface area contributed by atoms with E-state index in [1.807, 2.05) is 18.2 Å². The van der Waals surface area contributed by atoms with Crippen LogP contribution >= 0.6 is 0 Å². The maximum absolute atomic E-state index is 11.0. The van der Waals surface area contributed by atoms with Crippen molar-refractivity contribution in [1.82, 2.24) is 0 Å². The Bertz CT molecular complexity index is 992. The van der Waals surface area contributed by atoms with Crippen molar-refractivity contribution < 1.29 is 19.5 Å². The zero-order valence-corrected chi connectivity index (χ0v) is 22.7. The van der Waals surface area contributed by atoms with Gasteiger partial charge >= 0.3 is 0 Å². The highest BCUT2D eigenvalue weighted by atomic mass is 16.6. The van der Waals surface area contributed by atoms with Crippen molar-refractivity contribution in [2.75, 3.05) is 37.7 Å². The number of benzene rings is 2. The van der Waals surface area contributed by atoms with Gasteiger partial charge in [0.2, 0.25) is 0 Å². The maximum Gasteiger partial charge on any atom is 0.292 e. The monoisotopic (exact) mass is 532 g/mol. The topological polar surface area (TPSA) is 184 Å². The van der Waals surface area contributed by atoms with Crippen molar-refractivity contribution in [3.05, 3.63) is 46.5 Å². The first-order valence-electron chi connectivity index (χ1n) is 13.0. The number of nitro benzene ring substituents is 1. The number of rotatable bonds is 7. The largest absolute Gasteiger partial charge is 0.497 e. The van der Waals surface area contributed by atoms with Crippen LogP contribution in [0.15, 0.2) is 36.4 Å². The van der Waals surface area contributed by atoms with Gasteiger partial charge in [0.15, 0.2) is 0 Å². The molecule has 2 fully saturated rings. The number of ether oxygens (including phenoxy) is 2. The lowest BCUT2D eigenvalue weighted by molar-refractivity contribution is -0.384. The van der Waals surface area contributed by atoms with E-state index in [2.05, 4.69) is 10.6 Å². The average Bonchev–Trinajstić information content (AvgIpc) is 2.93. The molecule has 11 nitrogen and oxygen atoms in total. The van der Waals surface area contributed by atoms with E-state index < -0.39 is 0 Å². The van der Waals surface area contributed by atoms with Gasteiger partial charge in [0.1, 0.15) is 17.2 Å². The summed E-state index contributed by atoms with van der Waals surface area (Å²) in [5, 5.41) is 24.8. The fraction of sp³-hybridized carbons (Fsp3) is 0.556. The predicted molar refractivity (Wildman–Crippen MR) is 153 cm³/mol. The minimum atomic E-state index is -0.379. The van der Waals surface area contributed by atoms with Crippen LogP contribution in [0, 0.1) is 10.1 Å². The number of anilines is 3. The van der Waals surface area contributed by atoms with Crippen molar-refractivity contribution in [2.24, 2.45) is 11.5 Å². The summed E-state index contributed by atoms with van der Waals surface area (Å²) in [5.41, 5.74) is 20.0. The Morgan fingerprint density at radius 2 is 1.21 bits per heavy atom. The standard InChI is InChI=1S/C13H19N3O3.C13H21N3O.CH4O/c1-19-11-6-7-13(16(17)18)12(8-11)15-10-4-2-9(14)3-5-10;1-17-11-6-7-12(15)13(8-11)16-10-4-2-9(14)3-5-10;1-2/h6-10,15H,2-5,14H2,1H3;6-10,16H,2-5,14-15H2,1H3;2H,1H3. The van der Waals surface area contributed by atoms with E-state index >= 15 is 0 Å². The van der Waals surface area contributed by atoms with Gasteiger partial charge in [0, 0.05) is 49.5 Å². The van der Waals surface area contributed by atoms with Crippen molar-refractivity contribution in [2.45, 2.75) is 75.5 Å². The predicted octanol–water partition coefficient (Wildman–Crippen LogP) is 3.85. The van der Waals surface area contributed by atoms with Gasteiger partial charge in [-0.3, -0.25) is 10.1 Å². The van der Waals surface area contributed by atoms with E-state index in [1.165, 1.54) is 6.07 Å². The molecule has 212 valence electrons. The molecule has 9 N–H and O–H groups in total. The number of nitro groups is 1. The molecule has 2 aliphatic rings. The van der Waals surface area contributed by atoms with Crippen LogP contribution in [0.3, 0.4) is 0 Å². The quantitative estimate of drug-likeness (QED) is 0.174. The molecule has 0 aromatic heterocycles. The van der Waals surface area contributed by atoms with E-state index in [9.17, 15) is 10.1 Å². The van der Waals surface area contributed by atoms with E-state index in [1.54, 1.807) is 26.4 Å². The van der Waals surface area contributed by atoms with Crippen molar-refractivity contribution in [1.29, 1.82) is 0 Å². The number of hydrogen-bond acceptors (Lipinski definition) is 10.